The maximum absolute atomic E-state index is 9.40. The maximum Gasteiger partial charge on any atom is 0.0661 e. The standard InChI is InChI=1S/C14H27NO2/c1-4-17-13-9-12(14(13)6-5-7-14)15-10(2)8-11(3)16/h10-13,15-16H,4-9H2,1-3H3. The van der Waals surface area contributed by atoms with Gasteiger partial charge in [0.2, 0.25) is 0 Å². The molecule has 4 unspecified atom stereocenters. The first-order valence-corrected chi connectivity index (χ1v) is 7.14. The molecule has 4 atom stereocenters. The average Bonchev–Trinajstić information content (AvgIpc) is 2.11. The fourth-order valence-corrected chi connectivity index (χ4v) is 3.60. The molecule has 2 rings (SSSR count). The molecule has 3 nitrogen and oxygen atoms in total. The van der Waals surface area contributed by atoms with Crippen molar-refractivity contribution in [3.8, 4) is 0 Å². The highest BCUT2D eigenvalue weighted by Gasteiger charge is 2.58. The van der Waals surface area contributed by atoms with Gasteiger partial charge in [-0.05, 0) is 46.5 Å². The van der Waals surface area contributed by atoms with E-state index in [0.29, 0.717) is 23.6 Å². The molecular formula is C14H27NO2. The summed E-state index contributed by atoms with van der Waals surface area (Å²) in [5.74, 6) is 0. The molecule has 1 spiro atoms. The van der Waals surface area contributed by atoms with Crippen molar-refractivity contribution in [2.45, 2.75) is 77.2 Å². The van der Waals surface area contributed by atoms with E-state index in [-0.39, 0.29) is 6.10 Å². The molecule has 2 fully saturated rings. The number of rotatable bonds is 6. The third-order valence-electron chi connectivity index (χ3n) is 4.62. The Morgan fingerprint density at radius 1 is 1.41 bits per heavy atom. The zero-order valence-corrected chi connectivity index (χ0v) is 11.4. The number of aliphatic hydroxyl groups is 1. The largest absolute Gasteiger partial charge is 0.393 e. The maximum atomic E-state index is 9.40. The Hall–Kier alpha value is -0.120. The van der Waals surface area contributed by atoms with Crippen molar-refractivity contribution in [3.05, 3.63) is 0 Å². The number of hydrogen-bond acceptors (Lipinski definition) is 3. The molecule has 3 heteroatoms. The van der Waals surface area contributed by atoms with Crippen molar-refractivity contribution in [1.29, 1.82) is 0 Å². The van der Waals surface area contributed by atoms with E-state index in [1.807, 2.05) is 6.92 Å². The first-order chi connectivity index (χ1) is 8.08. The minimum Gasteiger partial charge on any atom is -0.393 e. The lowest BCUT2D eigenvalue weighted by atomic mass is 9.51. The minimum absolute atomic E-state index is 0.211. The van der Waals surface area contributed by atoms with Gasteiger partial charge in [0.15, 0.2) is 0 Å². The van der Waals surface area contributed by atoms with Crippen LogP contribution in [0.15, 0.2) is 0 Å². The number of hydrogen-bond donors (Lipinski definition) is 2. The van der Waals surface area contributed by atoms with Gasteiger partial charge in [0.1, 0.15) is 0 Å². The van der Waals surface area contributed by atoms with Crippen molar-refractivity contribution >= 4 is 0 Å². The molecule has 100 valence electrons. The Kier molecular flexibility index (Phi) is 4.11. The van der Waals surface area contributed by atoms with E-state index in [1.54, 1.807) is 0 Å². The van der Waals surface area contributed by atoms with Crippen molar-refractivity contribution in [1.82, 2.24) is 5.32 Å². The van der Waals surface area contributed by atoms with Gasteiger partial charge < -0.3 is 15.2 Å². The van der Waals surface area contributed by atoms with Crippen LogP contribution in [0.25, 0.3) is 0 Å². The highest BCUT2D eigenvalue weighted by Crippen LogP contribution is 2.57. The zero-order valence-electron chi connectivity index (χ0n) is 11.4. The second-order valence-corrected chi connectivity index (χ2v) is 5.97. The van der Waals surface area contributed by atoms with Gasteiger partial charge >= 0.3 is 0 Å². The van der Waals surface area contributed by atoms with Crippen LogP contribution in [0.4, 0.5) is 0 Å². The van der Waals surface area contributed by atoms with Crippen LogP contribution in [0.2, 0.25) is 0 Å². The molecule has 2 aliphatic rings. The second-order valence-electron chi connectivity index (χ2n) is 5.97. The zero-order chi connectivity index (χ0) is 12.5. The number of nitrogens with one attached hydrogen (secondary N) is 1. The van der Waals surface area contributed by atoms with Crippen molar-refractivity contribution in [2.24, 2.45) is 5.41 Å². The lowest BCUT2D eigenvalue weighted by molar-refractivity contribution is -0.174. The molecule has 2 N–H and O–H groups in total. The van der Waals surface area contributed by atoms with Crippen LogP contribution >= 0.6 is 0 Å². The molecule has 2 aliphatic carbocycles. The van der Waals surface area contributed by atoms with Crippen molar-refractivity contribution in [2.75, 3.05) is 6.61 Å². The summed E-state index contributed by atoms with van der Waals surface area (Å²) in [6, 6.07) is 1.02. The van der Waals surface area contributed by atoms with Crippen LogP contribution in [0.5, 0.6) is 0 Å². The van der Waals surface area contributed by atoms with Gasteiger partial charge in [0, 0.05) is 24.1 Å². The monoisotopic (exact) mass is 241 g/mol. The molecule has 17 heavy (non-hydrogen) atoms. The number of aliphatic hydroxyl groups excluding tert-OH is 1. The fourth-order valence-electron chi connectivity index (χ4n) is 3.60. The Labute approximate surface area is 105 Å². The van der Waals surface area contributed by atoms with E-state index in [4.69, 9.17) is 4.74 Å². The molecule has 0 saturated heterocycles. The summed E-state index contributed by atoms with van der Waals surface area (Å²) in [4.78, 5) is 0. The fraction of sp³-hybridized carbons (Fsp3) is 1.00. The molecule has 2 saturated carbocycles. The molecule has 0 aromatic heterocycles. The summed E-state index contributed by atoms with van der Waals surface area (Å²) in [6.07, 6.45) is 6.25. The Morgan fingerprint density at radius 3 is 2.59 bits per heavy atom. The van der Waals surface area contributed by atoms with Crippen LogP contribution < -0.4 is 5.32 Å². The van der Waals surface area contributed by atoms with Gasteiger partial charge in [-0.1, -0.05) is 6.42 Å². The highest BCUT2D eigenvalue weighted by atomic mass is 16.5. The second kappa shape index (κ2) is 5.25. The third kappa shape index (κ3) is 2.51. The SMILES string of the molecule is CCOC1CC(NC(C)CC(C)O)C12CCC2. The van der Waals surface area contributed by atoms with Gasteiger partial charge in [0.25, 0.3) is 0 Å². The van der Waals surface area contributed by atoms with E-state index in [0.717, 1.165) is 19.4 Å². The van der Waals surface area contributed by atoms with E-state index in [9.17, 15) is 5.11 Å². The summed E-state index contributed by atoms with van der Waals surface area (Å²) in [7, 11) is 0. The highest BCUT2D eigenvalue weighted by molar-refractivity contribution is 5.12. The normalized spacial score (nSPS) is 33.9. The van der Waals surface area contributed by atoms with E-state index < -0.39 is 0 Å². The molecule has 0 heterocycles. The summed E-state index contributed by atoms with van der Waals surface area (Å²) in [5.41, 5.74) is 0.433. The van der Waals surface area contributed by atoms with Crippen LogP contribution in [-0.4, -0.2) is 36.0 Å². The average molecular weight is 241 g/mol. The van der Waals surface area contributed by atoms with Gasteiger partial charge in [-0.15, -0.1) is 0 Å². The van der Waals surface area contributed by atoms with Gasteiger partial charge in [-0.2, -0.15) is 0 Å². The minimum atomic E-state index is -0.211. The smallest absolute Gasteiger partial charge is 0.0661 e. The van der Waals surface area contributed by atoms with Crippen molar-refractivity contribution < 1.29 is 9.84 Å². The molecule has 0 amide bonds. The molecule has 0 aromatic rings. The Morgan fingerprint density at radius 2 is 2.12 bits per heavy atom. The Bertz CT molecular complexity index is 251. The summed E-state index contributed by atoms with van der Waals surface area (Å²) in [6.45, 7) is 6.96. The van der Waals surface area contributed by atoms with Gasteiger partial charge in [-0.3, -0.25) is 0 Å². The first-order valence-electron chi connectivity index (χ1n) is 7.14. The lowest BCUT2D eigenvalue weighted by Gasteiger charge is -2.61. The Balaban J connectivity index is 1.83. The van der Waals surface area contributed by atoms with Crippen LogP contribution in [-0.2, 0) is 4.74 Å². The topological polar surface area (TPSA) is 41.5 Å². The molecular weight excluding hydrogens is 214 g/mol. The quantitative estimate of drug-likeness (QED) is 0.748. The van der Waals surface area contributed by atoms with E-state index in [1.165, 1.54) is 19.3 Å². The molecule has 0 radical (unpaired) electrons. The van der Waals surface area contributed by atoms with Crippen LogP contribution in [0.3, 0.4) is 0 Å². The predicted molar refractivity (Wildman–Crippen MR) is 69.0 cm³/mol. The third-order valence-corrected chi connectivity index (χ3v) is 4.62. The van der Waals surface area contributed by atoms with Gasteiger partial charge in [-0.25, -0.2) is 0 Å². The number of ether oxygens (including phenoxy) is 1. The summed E-state index contributed by atoms with van der Waals surface area (Å²) < 4.78 is 5.84. The predicted octanol–water partition coefficient (Wildman–Crippen LogP) is 2.08. The summed E-state index contributed by atoms with van der Waals surface area (Å²) >= 11 is 0. The van der Waals surface area contributed by atoms with E-state index in [2.05, 4.69) is 19.2 Å². The van der Waals surface area contributed by atoms with E-state index >= 15 is 0 Å². The summed E-state index contributed by atoms with van der Waals surface area (Å²) in [5, 5.41) is 13.1. The molecule has 0 bridgehead atoms. The molecule has 0 aromatic carbocycles. The van der Waals surface area contributed by atoms with Gasteiger partial charge in [0.05, 0.1) is 12.2 Å². The van der Waals surface area contributed by atoms with Crippen LogP contribution in [0.1, 0.15) is 52.9 Å². The van der Waals surface area contributed by atoms with Crippen LogP contribution in [0, 0.1) is 5.41 Å². The lowest BCUT2D eigenvalue weighted by Crippen LogP contribution is -2.68. The first kappa shape index (κ1) is 13.3. The molecule has 0 aliphatic heterocycles. The van der Waals surface area contributed by atoms with Crippen molar-refractivity contribution in [3.63, 3.8) is 0 Å².